The minimum atomic E-state index is -0.235. The Bertz CT molecular complexity index is 843. The van der Waals surface area contributed by atoms with Crippen LogP contribution in [0.5, 0.6) is 0 Å². The number of nitrogens with one attached hydrogen (secondary N) is 1. The number of amides is 1. The van der Waals surface area contributed by atoms with Crippen LogP contribution >= 0.6 is 0 Å². The van der Waals surface area contributed by atoms with Gasteiger partial charge in [0.1, 0.15) is 0 Å². The predicted molar refractivity (Wildman–Crippen MR) is 98.3 cm³/mol. The molecule has 0 radical (unpaired) electrons. The second-order valence-electron chi connectivity index (χ2n) is 6.08. The highest BCUT2D eigenvalue weighted by molar-refractivity contribution is 5.81. The molecule has 2 heterocycles. The number of carbonyl (C=O) groups excluding carboxylic acids is 1. The maximum atomic E-state index is 12.4. The number of rotatable bonds is 7. The zero-order valence-corrected chi connectivity index (χ0v) is 14.6. The topological polar surface area (TPSA) is 56.1 Å². The Balaban J connectivity index is 1.66. The van der Waals surface area contributed by atoms with Gasteiger partial charge in [0.15, 0.2) is 0 Å². The molecule has 0 aliphatic rings. The summed E-state index contributed by atoms with van der Waals surface area (Å²) in [5.41, 5.74) is 3.12. The van der Waals surface area contributed by atoms with Gasteiger partial charge in [0.05, 0.1) is 18.3 Å². The van der Waals surface area contributed by atoms with Crippen molar-refractivity contribution >= 4 is 16.8 Å². The molecule has 0 aliphatic heterocycles. The highest BCUT2D eigenvalue weighted by Crippen LogP contribution is 2.19. The van der Waals surface area contributed by atoms with E-state index < -0.39 is 0 Å². The Kier molecular flexibility index (Phi) is 5.46. The molecule has 1 aromatic carbocycles. The maximum Gasteiger partial charge on any atom is 0.222 e. The van der Waals surface area contributed by atoms with E-state index >= 15 is 0 Å². The lowest BCUT2D eigenvalue weighted by Crippen LogP contribution is -2.32. The van der Waals surface area contributed by atoms with Gasteiger partial charge in [-0.05, 0) is 36.6 Å². The molecule has 0 bridgehead atoms. The molecule has 0 fully saturated rings. The number of hydrogen-bond donors (Lipinski definition) is 1. The van der Waals surface area contributed by atoms with Gasteiger partial charge >= 0.3 is 0 Å². The summed E-state index contributed by atoms with van der Waals surface area (Å²) in [7, 11) is 1.62. The Morgan fingerprint density at radius 2 is 2.04 bits per heavy atom. The molecular weight excluding hydrogens is 314 g/mol. The predicted octanol–water partition coefficient (Wildman–Crippen LogP) is 3.24. The quantitative estimate of drug-likeness (QED) is 0.720. The molecule has 1 amide bonds. The monoisotopic (exact) mass is 337 g/mol. The summed E-state index contributed by atoms with van der Waals surface area (Å²) in [5.74, 6) is -0.00937. The molecule has 1 atom stereocenters. The number of hydrogen-bond acceptors (Lipinski definition) is 3. The van der Waals surface area contributed by atoms with Crippen LogP contribution in [0.4, 0.5) is 0 Å². The number of pyridine rings is 1. The van der Waals surface area contributed by atoms with Crippen LogP contribution in [0.15, 0.2) is 54.7 Å². The van der Waals surface area contributed by atoms with E-state index in [4.69, 9.17) is 4.74 Å². The standard InChI is InChI=1S/C20H23N3O2/c1-15-13-16-7-3-4-9-19(16)23(15)12-10-20(24)22-18(14-25-2)17-8-5-6-11-21-17/h3-9,11,13,18H,10,12,14H2,1-2H3,(H,22,24)/t18-/m0/s1. The maximum absolute atomic E-state index is 12.4. The van der Waals surface area contributed by atoms with Crippen LogP contribution < -0.4 is 5.32 Å². The van der Waals surface area contributed by atoms with E-state index in [2.05, 4.69) is 40.0 Å². The van der Waals surface area contributed by atoms with Crippen molar-refractivity contribution in [1.82, 2.24) is 14.9 Å². The van der Waals surface area contributed by atoms with Gasteiger partial charge in [-0.15, -0.1) is 0 Å². The zero-order chi connectivity index (χ0) is 17.6. The molecule has 5 heteroatoms. The fraction of sp³-hybridized carbons (Fsp3) is 0.300. The smallest absolute Gasteiger partial charge is 0.222 e. The molecular formula is C20H23N3O2. The number of methoxy groups -OCH3 is 1. The minimum Gasteiger partial charge on any atom is -0.382 e. The van der Waals surface area contributed by atoms with Crippen LogP contribution in [0.2, 0.25) is 0 Å². The fourth-order valence-electron chi connectivity index (χ4n) is 3.07. The summed E-state index contributed by atoms with van der Waals surface area (Å²) in [6.07, 6.45) is 2.13. The Hall–Kier alpha value is -2.66. The first-order valence-corrected chi connectivity index (χ1v) is 8.43. The lowest BCUT2D eigenvalue weighted by atomic mass is 10.2. The Morgan fingerprint density at radius 3 is 2.80 bits per heavy atom. The van der Waals surface area contributed by atoms with Gasteiger partial charge in [-0.3, -0.25) is 9.78 Å². The number of aromatic nitrogens is 2. The van der Waals surface area contributed by atoms with Crippen molar-refractivity contribution in [2.24, 2.45) is 0 Å². The van der Waals surface area contributed by atoms with Gasteiger partial charge in [0, 0.05) is 37.5 Å². The minimum absolute atomic E-state index is 0.00937. The summed E-state index contributed by atoms with van der Waals surface area (Å²) in [5, 5.41) is 4.22. The average molecular weight is 337 g/mol. The van der Waals surface area contributed by atoms with Crippen molar-refractivity contribution in [3.05, 3.63) is 66.1 Å². The normalized spacial score (nSPS) is 12.2. The number of ether oxygens (including phenoxy) is 1. The Morgan fingerprint density at radius 1 is 1.24 bits per heavy atom. The second-order valence-corrected chi connectivity index (χ2v) is 6.08. The van der Waals surface area contributed by atoms with E-state index in [9.17, 15) is 4.79 Å². The highest BCUT2D eigenvalue weighted by atomic mass is 16.5. The number of nitrogens with zero attached hydrogens (tertiary/aromatic N) is 2. The van der Waals surface area contributed by atoms with Gasteiger partial charge in [-0.1, -0.05) is 24.3 Å². The number of aryl methyl sites for hydroxylation is 2. The summed E-state index contributed by atoms with van der Waals surface area (Å²) in [4.78, 5) is 16.8. The molecule has 5 nitrogen and oxygen atoms in total. The average Bonchev–Trinajstić information content (AvgIpc) is 2.95. The molecule has 0 saturated carbocycles. The van der Waals surface area contributed by atoms with Crippen molar-refractivity contribution < 1.29 is 9.53 Å². The first kappa shape index (κ1) is 17.2. The van der Waals surface area contributed by atoms with Crippen LogP contribution in [0.3, 0.4) is 0 Å². The lowest BCUT2D eigenvalue weighted by molar-refractivity contribution is -0.122. The van der Waals surface area contributed by atoms with E-state index in [1.165, 1.54) is 5.39 Å². The summed E-state index contributed by atoms with van der Waals surface area (Å²) >= 11 is 0. The zero-order valence-electron chi connectivity index (χ0n) is 14.6. The number of fused-ring (bicyclic) bond motifs is 1. The van der Waals surface area contributed by atoms with E-state index in [0.29, 0.717) is 19.6 Å². The van der Waals surface area contributed by atoms with Gasteiger partial charge in [-0.2, -0.15) is 0 Å². The van der Waals surface area contributed by atoms with Gasteiger partial charge < -0.3 is 14.6 Å². The van der Waals surface area contributed by atoms with E-state index in [1.54, 1.807) is 13.3 Å². The SMILES string of the molecule is COC[C@H](NC(=O)CCn1c(C)cc2ccccc21)c1ccccn1. The number of para-hydroxylation sites is 1. The van der Waals surface area contributed by atoms with Crippen molar-refractivity contribution in [2.45, 2.75) is 25.9 Å². The van der Waals surface area contributed by atoms with Gasteiger partial charge in [0.2, 0.25) is 5.91 Å². The third-order valence-electron chi connectivity index (χ3n) is 4.29. The van der Waals surface area contributed by atoms with E-state index in [0.717, 1.165) is 16.9 Å². The summed E-state index contributed by atoms with van der Waals surface area (Å²) < 4.78 is 7.41. The third kappa shape index (κ3) is 4.06. The molecule has 0 aliphatic carbocycles. The molecule has 0 saturated heterocycles. The first-order valence-electron chi connectivity index (χ1n) is 8.43. The van der Waals surface area contributed by atoms with E-state index in [1.807, 2.05) is 30.3 Å². The van der Waals surface area contributed by atoms with Crippen LogP contribution in [-0.2, 0) is 16.1 Å². The van der Waals surface area contributed by atoms with Gasteiger partial charge in [-0.25, -0.2) is 0 Å². The van der Waals surface area contributed by atoms with Crippen molar-refractivity contribution in [2.75, 3.05) is 13.7 Å². The molecule has 0 spiro atoms. The first-order chi connectivity index (χ1) is 12.2. The number of carbonyl (C=O) groups is 1. The van der Waals surface area contributed by atoms with Crippen molar-refractivity contribution in [3.63, 3.8) is 0 Å². The molecule has 1 N–H and O–H groups in total. The molecule has 2 aromatic heterocycles. The summed E-state index contributed by atoms with van der Waals surface area (Å²) in [6, 6.07) is 15.8. The lowest BCUT2D eigenvalue weighted by Gasteiger charge is -2.18. The molecule has 3 rings (SSSR count). The highest BCUT2D eigenvalue weighted by Gasteiger charge is 2.16. The van der Waals surface area contributed by atoms with Crippen molar-refractivity contribution in [1.29, 1.82) is 0 Å². The molecule has 3 aromatic rings. The second kappa shape index (κ2) is 7.94. The van der Waals surface area contributed by atoms with Crippen LogP contribution in [0, 0.1) is 6.92 Å². The van der Waals surface area contributed by atoms with Crippen LogP contribution in [0.1, 0.15) is 23.9 Å². The van der Waals surface area contributed by atoms with Crippen LogP contribution in [-0.4, -0.2) is 29.2 Å². The largest absolute Gasteiger partial charge is 0.382 e. The van der Waals surface area contributed by atoms with Crippen LogP contribution in [0.25, 0.3) is 10.9 Å². The van der Waals surface area contributed by atoms with Gasteiger partial charge in [0.25, 0.3) is 0 Å². The molecule has 25 heavy (non-hydrogen) atoms. The Labute approximate surface area is 147 Å². The van der Waals surface area contributed by atoms with E-state index in [-0.39, 0.29) is 11.9 Å². The number of benzene rings is 1. The third-order valence-corrected chi connectivity index (χ3v) is 4.29. The molecule has 130 valence electrons. The fourth-order valence-corrected chi connectivity index (χ4v) is 3.07. The summed E-state index contributed by atoms with van der Waals surface area (Å²) in [6.45, 7) is 3.11. The molecule has 0 unspecified atom stereocenters. The van der Waals surface area contributed by atoms with Crippen molar-refractivity contribution in [3.8, 4) is 0 Å².